The predicted octanol–water partition coefficient (Wildman–Crippen LogP) is 10.0. The van der Waals surface area contributed by atoms with Crippen molar-refractivity contribution in [2.75, 3.05) is 0 Å². The fraction of sp³-hybridized carbons (Fsp3) is 0.216. The number of imidazole rings is 1. The molecule has 4 aromatic carbocycles. The number of thiazole rings is 1. The van der Waals surface area contributed by atoms with Crippen LogP contribution in [0.5, 0.6) is 5.75 Å². The largest absolute Gasteiger partial charge is 0.489 e. The molecule has 1 aliphatic rings. The van der Waals surface area contributed by atoms with Gasteiger partial charge in [0.2, 0.25) is 0 Å². The van der Waals surface area contributed by atoms with E-state index in [4.69, 9.17) is 21.3 Å². The zero-order chi connectivity index (χ0) is 30.9. The minimum atomic E-state index is -0.942. The number of H-pyrrole nitrogens is 1. The van der Waals surface area contributed by atoms with Gasteiger partial charge >= 0.3 is 5.97 Å². The number of carboxylic acid groups (broad SMARTS) is 1. The maximum atomic E-state index is 11.5. The number of hydrogen-bond donors (Lipinski definition) is 2. The molecule has 6 aromatic rings. The molecule has 0 spiro atoms. The second-order valence-electron chi connectivity index (χ2n) is 11.6. The SMILES string of the molecule is Cc1nc(-c2ccc(-c3ccc(Cl)cc3)c(COc3ccc(C4CCCCC4c4nc5cc(C(=O)O)ccc5[nH]4)cc3)c2)cs1. The number of aryl methyl sites for hydroxylation is 1. The van der Waals surface area contributed by atoms with E-state index in [1.165, 1.54) is 12.0 Å². The molecule has 2 aromatic heterocycles. The summed E-state index contributed by atoms with van der Waals surface area (Å²) in [6.07, 6.45) is 4.44. The molecular formula is C37H32ClN3O3S. The standard InChI is InChI=1S/C37H32ClN3O3S/c1-22-39-35(21-45-22)25-10-16-30(23-6-12-28(38)13-7-23)27(18-25)20-44-29-14-8-24(9-15-29)31-4-2-3-5-32(31)36-40-33-17-11-26(37(42)43)19-34(33)41-36/h6-19,21,31-32H,2-5,20H2,1H3,(H,40,41)(H,42,43). The number of rotatable bonds is 8. The van der Waals surface area contributed by atoms with Crippen molar-refractivity contribution in [2.24, 2.45) is 0 Å². The quantitative estimate of drug-likeness (QED) is 0.174. The summed E-state index contributed by atoms with van der Waals surface area (Å²) < 4.78 is 6.39. The molecule has 45 heavy (non-hydrogen) atoms. The molecule has 0 aliphatic heterocycles. The van der Waals surface area contributed by atoms with Gasteiger partial charge in [0.1, 0.15) is 18.2 Å². The van der Waals surface area contributed by atoms with E-state index in [9.17, 15) is 9.90 Å². The van der Waals surface area contributed by atoms with Crippen molar-refractivity contribution in [3.8, 4) is 28.1 Å². The van der Waals surface area contributed by atoms with Gasteiger partial charge in [-0.05, 0) is 96.5 Å². The normalized spacial score (nSPS) is 16.6. The van der Waals surface area contributed by atoms with Gasteiger partial charge in [-0.15, -0.1) is 11.3 Å². The van der Waals surface area contributed by atoms with Gasteiger partial charge in [-0.2, -0.15) is 0 Å². The lowest BCUT2D eigenvalue weighted by atomic mass is 9.75. The Labute approximate surface area is 270 Å². The smallest absolute Gasteiger partial charge is 0.335 e. The van der Waals surface area contributed by atoms with Gasteiger partial charge in [-0.3, -0.25) is 0 Å². The number of carbonyl (C=O) groups is 1. The maximum Gasteiger partial charge on any atom is 0.335 e. The van der Waals surface area contributed by atoms with Crippen molar-refractivity contribution < 1.29 is 14.6 Å². The van der Waals surface area contributed by atoms with E-state index in [-0.39, 0.29) is 11.5 Å². The Bertz CT molecular complexity index is 1980. The first kappa shape index (κ1) is 29.3. The lowest BCUT2D eigenvalue weighted by Crippen LogP contribution is -2.17. The van der Waals surface area contributed by atoms with Crippen LogP contribution in [0, 0.1) is 6.92 Å². The summed E-state index contributed by atoms with van der Waals surface area (Å²) in [5.74, 6) is 1.37. The third-order valence-corrected chi connectivity index (χ3v) is 9.77. The monoisotopic (exact) mass is 633 g/mol. The molecule has 0 saturated heterocycles. The summed E-state index contributed by atoms with van der Waals surface area (Å²) in [6.45, 7) is 2.44. The summed E-state index contributed by atoms with van der Waals surface area (Å²) in [6, 6.07) is 27.9. The second kappa shape index (κ2) is 12.5. The Balaban J connectivity index is 1.12. The van der Waals surface area contributed by atoms with Crippen LogP contribution in [0.3, 0.4) is 0 Å². The Morgan fingerprint density at radius 1 is 0.933 bits per heavy atom. The number of ether oxygens (including phenoxy) is 1. The number of benzene rings is 4. The molecule has 0 radical (unpaired) electrons. The van der Waals surface area contributed by atoms with E-state index >= 15 is 0 Å². The van der Waals surface area contributed by atoms with Crippen LogP contribution in [0.15, 0.2) is 90.3 Å². The van der Waals surface area contributed by atoms with E-state index < -0.39 is 5.97 Å². The Morgan fingerprint density at radius 2 is 1.69 bits per heavy atom. The summed E-state index contributed by atoms with van der Waals surface area (Å²) in [7, 11) is 0. The maximum absolute atomic E-state index is 11.5. The van der Waals surface area contributed by atoms with E-state index in [0.717, 1.165) is 69.3 Å². The lowest BCUT2D eigenvalue weighted by molar-refractivity contribution is 0.0697. The highest BCUT2D eigenvalue weighted by molar-refractivity contribution is 7.09. The molecule has 0 amide bonds. The van der Waals surface area contributed by atoms with Crippen LogP contribution in [-0.4, -0.2) is 26.0 Å². The zero-order valence-electron chi connectivity index (χ0n) is 24.8. The number of nitrogens with zero attached hydrogens (tertiary/aromatic N) is 2. The number of nitrogens with one attached hydrogen (secondary N) is 1. The van der Waals surface area contributed by atoms with Crippen LogP contribution in [0.4, 0.5) is 0 Å². The molecule has 2 N–H and O–H groups in total. The number of aromatic amines is 1. The molecule has 2 atom stereocenters. The minimum Gasteiger partial charge on any atom is -0.489 e. The van der Waals surface area contributed by atoms with Crippen molar-refractivity contribution in [1.82, 2.24) is 15.0 Å². The van der Waals surface area contributed by atoms with Gasteiger partial charge < -0.3 is 14.8 Å². The molecule has 1 fully saturated rings. The van der Waals surface area contributed by atoms with Gasteiger partial charge in [0.15, 0.2) is 0 Å². The topological polar surface area (TPSA) is 88.1 Å². The van der Waals surface area contributed by atoms with Crippen LogP contribution >= 0.6 is 22.9 Å². The van der Waals surface area contributed by atoms with Crippen LogP contribution in [0.2, 0.25) is 5.02 Å². The van der Waals surface area contributed by atoms with Crippen molar-refractivity contribution in [3.05, 3.63) is 123 Å². The number of hydrogen-bond acceptors (Lipinski definition) is 5. The van der Waals surface area contributed by atoms with E-state index in [1.807, 2.05) is 37.3 Å². The minimum absolute atomic E-state index is 0.241. The first-order valence-corrected chi connectivity index (χ1v) is 16.4. The lowest BCUT2D eigenvalue weighted by Gasteiger charge is -2.30. The van der Waals surface area contributed by atoms with Crippen LogP contribution in [0.25, 0.3) is 33.4 Å². The summed E-state index contributed by atoms with van der Waals surface area (Å²) in [5.41, 5.74) is 8.39. The molecule has 226 valence electrons. The average molecular weight is 634 g/mol. The van der Waals surface area contributed by atoms with E-state index in [0.29, 0.717) is 23.1 Å². The number of carboxylic acids is 1. The van der Waals surface area contributed by atoms with Gasteiger partial charge in [0.05, 0.1) is 27.3 Å². The molecular weight excluding hydrogens is 602 g/mol. The second-order valence-corrected chi connectivity index (χ2v) is 13.1. The highest BCUT2D eigenvalue weighted by atomic mass is 35.5. The van der Waals surface area contributed by atoms with Crippen LogP contribution in [0.1, 0.15) is 69.8 Å². The molecule has 8 heteroatoms. The number of halogens is 1. The summed E-state index contributed by atoms with van der Waals surface area (Å²) >= 11 is 7.83. The highest BCUT2D eigenvalue weighted by Gasteiger charge is 2.30. The number of aromatic nitrogens is 3. The molecule has 2 unspecified atom stereocenters. The fourth-order valence-corrected chi connectivity index (χ4v) is 7.19. The molecule has 0 bridgehead atoms. The summed E-state index contributed by atoms with van der Waals surface area (Å²) in [4.78, 5) is 24.5. The molecule has 7 rings (SSSR count). The Hall–Kier alpha value is -4.46. The van der Waals surface area contributed by atoms with Crippen LogP contribution in [-0.2, 0) is 6.61 Å². The van der Waals surface area contributed by atoms with E-state index in [1.54, 1.807) is 23.5 Å². The van der Waals surface area contributed by atoms with Gasteiger partial charge in [0, 0.05) is 21.9 Å². The number of fused-ring (bicyclic) bond motifs is 1. The highest BCUT2D eigenvalue weighted by Crippen LogP contribution is 2.44. The van der Waals surface area contributed by atoms with Crippen LogP contribution < -0.4 is 4.74 Å². The average Bonchev–Trinajstić information content (AvgIpc) is 3.70. The third kappa shape index (κ3) is 6.23. The van der Waals surface area contributed by atoms with Crippen molar-refractivity contribution in [1.29, 1.82) is 0 Å². The zero-order valence-corrected chi connectivity index (χ0v) is 26.4. The van der Waals surface area contributed by atoms with Gasteiger partial charge in [-0.1, -0.05) is 60.8 Å². The van der Waals surface area contributed by atoms with Crippen molar-refractivity contribution >= 4 is 39.9 Å². The molecule has 2 heterocycles. The van der Waals surface area contributed by atoms with Crippen molar-refractivity contribution in [3.63, 3.8) is 0 Å². The Morgan fingerprint density at radius 3 is 2.42 bits per heavy atom. The Kier molecular flexibility index (Phi) is 8.13. The molecule has 1 aliphatic carbocycles. The summed E-state index contributed by atoms with van der Waals surface area (Å²) in [5, 5.41) is 13.2. The van der Waals surface area contributed by atoms with E-state index in [2.05, 4.69) is 57.8 Å². The van der Waals surface area contributed by atoms with Gasteiger partial charge in [-0.25, -0.2) is 14.8 Å². The first-order chi connectivity index (χ1) is 21.9. The molecule has 6 nitrogen and oxygen atoms in total. The predicted molar refractivity (Wildman–Crippen MR) is 181 cm³/mol. The third-order valence-electron chi connectivity index (χ3n) is 8.74. The fourth-order valence-electron chi connectivity index (χ4n) is 6.44. The molecule has 1 saturated carbocycles. The number of aromatic carboxylic acids is 1. The first-order valence-electron chi connectivity index (χ1n) is 15.2. The van der Waals surface area contributed by atoms with Gasteiger partial charge in [0.25, 0.3) is 0 Å². The van der Waals surface area contributed by atoms with Crippen molar-refractivity contribution in [2.45, 2.75) is 51.0 Å².